The molecule has 0 aromatic heterocycles. The third kappa shape index (κ3) is 7.11. The Bertz CT molecular complexity index is 256. The van der Waals surface area contributed by atoms with E-state index in [1.54, 1.807) is 0 Å². The molecule has 0 amide bonds. The van der Waals surface area contributed by atoms with Crippen LogP contribution in [0.5, 0.6) is 0 Å². The van der Waals surface area contributed by atoms with Gasteiger partial charge in [0.25, 0.3) is 5.78 Å². The molecule has 0 saturated heterocycles. The number of carbonyl (C=O) groups excluding carboxylic acids is 1. The topological polar surface area (TPSA) is 51.2 Å². The van der Waals surface area contributed by atoms with Crippen LogP contribution in [0.1, 0.15) is 0 Å². The predicted molar refractivity (Wildman–Crippen MR) is 26.0 cm³/mol. The molecule has 0 N–H and O–H groups in total. The van der Waals surface area contributed by atoms with Crippen molar-refractivity contribution in [1.29, 1.82) is 0 Å². The van der Waals surface area contributed by atoms with Crippen molar-refractivity contribution in [3.63, 3.8) is 0 Å². The van der Waals surface area contributed by atoms with Gasteiger partial charge in [-0.1, -0.05) is 0 Å². The Morgan fingerprint density at radius 2 is 1.64 bits per heavy atom. The Hall–Kier alpha value is 0.734. The van der Waals surface area contributed by atoms with E-state index >= 15 is 0 Å². The minimum atomic E-state index is -5.10. The summed E-state index contributed by atoms with van der Waals surface area (Å²) in [7, 11) is -3.09. The normalized spacial score (nSPS) is 9.73. The van der Waals surface area contributed by atoms with E-state index in [9.17, 15) is 26.4 Å². The Morgan fingerprint density at radius 3 is 1.73 bits per heavy atom. The Labute approximate surface area is 102 Å². The van der Waals surface area contributed by atoms with E-state index in [2.05, 4.69) is 0 Å². The Morgan fingerprint density at radius 1 is 1.27 bits per heavy atom. The smallest absolute Gasteiger partial charge is 0.284 e. The van der Waals surface area contributed by atoms with Crippen molar-refractivity contribution in [2.24, 2.45) is 0 Å². The zero-order valence-electron chi connectivity index (χ0n) is 4.72. The largest absolute Gasteiger partial charge is 0.455 e. The monoisotopic (exact) mass is 327 g/mol. The van der Waals surface area contributed by atoms with Crippen molar-refractivity contribution in [2.45, 2.75) is 6.18 Å². The molecule has 8 heteroatoms. The summed E-state index contributed by atoms with van der Waals surface area (Å²) in [5, 5.41) is -0.431. The maximum absolute atomic E-state index is 11.2. The van der Waals surface area contributed by atoms with E-state index in [4.69, 9.17) is 0 Å². The number of ketones is 1. The van der Waals surface area contributed by atoms with Crippen LogP contribution in [0.15, 0.2) is 0 Å². The van der Waals surface area contributed by atoms with Gasteiger partial charge in [0.15, 0.2) is 0 Å². The number of hydrogen-bond donors (Lipinski definition) is 0. The first kappa shape index (κ1) is 14.3. The number of rotatable bonds is 1. The predicted octanol–water partition coefficient (Wildman–Crippen LogP) is -0.201. The van der Waals surface area contributed by atoms with Crippen LogP contribution in [0.3, 0.4) is 0 Å². The first-order valence-corrected chi connectivity index (χ1v) is 3.02. The first-order chi connectivity index (χ1) is 4.34. The van der Waals surface area contributed by atoms with Crippen LogP contribution >= 0.6 is 0 Å². The van der Waals surface area contributed by atoms with E-state index in [1.165, 1.54) is 0 Å². The number of alkyl halides is 3. The van der Waals surface area contributed by atoms with Gasteiger partial charge in [-0.15, -0.1) is 0 Å². The summed E-state index contributed by atoms with van der Waals surface area (Å²) in [6, 6.07) is 0. The molecule has 1 radical (unpaired) electrons. The molecule has 0 rings (SSSR count). The number of halogens is 3. The van der Waals surface area contributed by atoms with Gasteiger partial charge in [-0.25, -0.2) is 0 Å². The van der Waals surface area contributed by atoms with E-state index in [0.29, 0.717) is 0 Å². The minimum Gasteiger partial charge on any atom is -0.284 e. The summed E-state index contributed by atoms with van der Waals surface area (Å²) in [4.78, 5) is 9.70. The number of Topliss-reactive ketones (excluding diaryl/α,β-unsaturated/α-hetero) is 1. The van der Waals surface area contributed by atoms with Gasteiger partial charge in [0.1, 0.15) is 5.37 Å². The van der Waals surface area contributed by atoms with Gasteiger partial charge in [-0.3, -0.25) is 4.79 Å². The van der Waals surface area contributed by atoms with Crippen molar-refractivity contribution < 1.29 is 75.8 Å². The van der Waals surface area contributed by atoms with Crippen LogP contribution in [0, 0.1) is 49.4 Å². The molecule has 0 aliphatic carbocycles. The van der Waals surface area contributed by atoms with Crippen LogP contribution in [-0.4, -0.2) is 25.7 Å². The van der Waals surface area contributed by atoms with Crippen LogP contribution in [0.4, 0.5) is 13.2 Å². The number of hydrogen-bond acceptors (Lipinski definition) is 3. The van der Waals surface area contributed by atoms with E-state index in [-0.39, 0.29) is 49.4 Å². The zero-order chi connectivity index (χ0) is 8.36. The van der Waals surface area contributed by atoms with Gasteiger partial charge < -0.3 is 0 Å². The maximum Gasteiger partial charge on any atom is 0.455 e. The minimum absolute atomic E-state index is 0. The molecule has 0 heterocycles. The molecule has 0 aliphatic rings. The molecule has 0 saturated carbocycles. The van der Waals surface area contributed by atoms with Crippen molar-refractivity contribution in [3.8, 4) is 0 Å². The van der Waals surface area contributed by atoms with Gasteiger partial charge in [-0.05, 0) is 0 Å². The molecule has 11 heavy (non-hydrogen) atoms. The SMILES string of the molecule is O=C(C=S(=O)=O)C(F)(F)F.[Eu]. The quantitative estimate of drug-likeness (QED) is 0.627. The third-order valence-electron chi connectivity index (χ3n) is 0.483. The van der Waals surface area contributed by atoms with Crippen molar-refractivity contribution in [3.05, 3.63) is 0 Å². The van der Waals surface area contributed by atoms with E-state index in [0.717, 1.165) is 0 Å². The zero-order valence-corrected chi connectivity index (χ0v) is 7.96. The molecular weight excluding hydrogens is 325 g/mol. The van der Waals surface area contributed by atoms with Crippen LogP contribution in [-0.2, 0) is 15.1 Å². The molecule has 0 atom stereocenters. The second-order valence-corrected chi connectivity index (χ2v) is 2.00. The molecule has 0 unspecified atom stereocenters. The maximum atomic E-state index is 11.2. The third-order valence-corrected chi connectivity index (χ3v) is 0.889. The fourth-order valence-corrected chi connectivity index (χ4v) is 0.463. The molecule has 0 aliphatic heterocycles. The van der Waals surface area contributed by atoms with E-state index < -0.39 is 27.6 Å². The summed E-state index contributed by atoms with van der Waals surface area (Å²) in [6.07, 6.45) is -5.10. The average molecular weight is 326 g/mol. The Kier molecular flexibility index (Phi) is 6.99. The summed E-state index contributed by atoms with van der Waals surface area (Å²) in [5.74, 6) is -2.37. The molecule has 0 aromatic rings. The van der Waals surface area contributed by atoms with Gasteiger partial charge >= 0.3 is 6.18 Å². The average Bonchev–Trinajstić information content (AvgIpc) is 1.60. The van der Waals surface area contributed by atoms with Gasteiger partial charge in [0.05, 0.1) is 0 Å². The van der Waals surface area contributed by atoms with Gasteiger partial charge in [-0.2, -0.15) is 21.6 Å². The van der Waals surface area contributed by atoms with E-state index in [1.807, 2.05) is 0 Å². The van der Waals surface area contributed by atoms with Crippen molar-refractivity contribution >= 4 is 21.4 Å². The van der Waals surface area contributed by atoms with Crippen molar-refractivity contribution in [2.75, 3.05) is 0 Å². The molecule has 0 bridgehead atoms. The Balaban J connectivity index is 0. The fraction of sp³-hybridized carbons (Fsp3) is 0.333. The molecule has 0 fully saturated rings. The molecule has 0 spiro atoms. The first-order valence-electron chi connectivity index (χ1n) is 1.88. The standard InChI is InChI=1S/C3HF3O3S.Eu/c4-3(5,6)2(7)1-10(8)9;/h1H;. The molecule has 0 aromatic carbocycles. The molecule has 65 valence electrons. The second kappa shape index (κ2) is 5.39. The van der Waals surface area contributed by atoms with Crippen molar-refractivity contribution in [1.82, 2.24) is 0 Å². The van der Waals surface area contributed by atoms with Gasteiger partial charge in [0, 0.05) is 49.4 Å². The molecule has 3 nitrogen and oxygen atoms in total. The van der Waals surface area contributed by atoms with Crippen LogP contribution in [0.25, 0.3) is 0 Å². The summed E-state index contributed by atoms with van der Waals surface area (Å²) >= 11 is 0. The van der Waals surface area contributed by atoms with Gasteiger partial charge in [0.2, 0.25) is 10.3 Å². The molecular formula is C3HEuF3O3S. The summed E-state index contributed by atoms with van der Waals surface area (Å²) < 4.78 is 52.4. The summed E-state index contributed by atoms with van der Waals surface area (Å²) in [5.41, 5.74) is 0. The summed E-state index contributed by atoms with van der Waals surface area (Å²) in [6.45, 7) is 0. The van der Waals surface area contributed by atoms with Crippen LogP contribution < -0.4 is 0 Å². The fourth-order valence-electron chi connectivity index (χ4n) is 0.154. The number of carbonyl (C=O) groups is 1. The van der Waals surface area contributed by atoms with Crippen LogP contribution in [0.2, 0.25) is 0 Å². The second-order valence-electron chi connectivity index (χ2n) is 1.24.